The SMILES string of the molecule is CC(c1cccs1)N(C)C(=O)C1=NN(Cc2ccccc2)C(=O)CC1. The average Bonchev–Trinajstić information content (AvgIpc) is 3.17. The van der Waals surface area contributed by atoms with Crippen LogP contribution in [0.25, 0.3) is 0 Å². The van der Waals surface area contributed by atoms with Crippen molar-refractivity contribution in [3.63, 3.8) is 0 Å². The van der Waals surface area contributed by atoms with Gasteiger partial charge >= 0.3 is 0 Å². The van der Waals surface area contributed by atoms with Crippen LogP contribution in [0.2, 0.25) is 0 Å². The fraction of sp³-hybridized carbons (Fsp3) is 0.316. The van der Waals surface area contributed by atoms with Crippen LogP contribution in [0, 0.1) is 0 Å². The van der Waals surface area contributed by atoms with E-state index in [1.54, 1.807) is 23.3 Å². The van der Waals surface area contributed by atoms with Gasteiger partial charge in [0.2, 0.25) is 5.91 Å². The molecule has 130 valence electrons. The van der Waals surface area contributed by atoms with Crippen molar-refractivity contribution in [3.05, 3.63) is 58.3 Å². The second kappa shape index (κ2) is 7.61. The highest BCUT2D eigenvalue weighted by Gasteiger charge is 2.28. The Bertz CT molecular complexity index is 771. The number of carbonyl (C=O) groups excluding carboxylic acids is 2. The maximum absolute atomic E-state index is 12.8. The van der Waals surface area contributed by atoms with Gasteiger partial charge in [-0.05, 0) is 23.9 Å². The molecule has 0 saturated heterocycles. The molecule has 0 spiro atoms. The van der Waals surface area contributed by atoms with Gasteiger partial charge in [0.1, 0.15) is 5.71 Å². The summed E-state index contributed by atoms with van der Waals surface area (Å²) in [4.78, 5) is 27.8. The van der Waals surface area contributed by atoms with E-state index in [0.717, 1.165) is 10.4 Å². The summed E-state index contributed by atoms with van der Waals surface area (Å²) >= 11 is 1.63. The van der Waals surface area contributed by atoms with Gasteiger partial charge in [0.05, 0.1) is 12.6 Å². The molecular weight excluding hydrogens is 334 g/mol. The number of carbonyl (C=O) groups is 2. The summed E-state index contributed by atoms with van der Waals surface area (Å²) < 4.78 is 0. The molecule has 1 atom stereocenters. The van der Waals surface area contributed by atoms with Gasteiger partial charge in [0.25, 0.3) is 5.91 Å². The summed E-state index contributed by atoms with van der Waals surface area (Å²) in [6, 6.07) is 13.7. The van der Waals surface area contributed by atoms with E-state index in [9.17, 15) is 9.59 Å². The highest BCUT2D eigenvalue weighted by Crippen LogP contribution is 2.24. The van der Waals surface area contributed by atoms with Gasteiger partial charge in [-0.15, -0.1) is 11.3 Å². The van der Waals surface area contributed by atoms with E-state index >= 15 is 0 Å². The molecular formula is C19H21N3O2S. The summed E-state index contributed by atoms with van der Waals surface area (Å²) in [6.07, 6.45) is 0.711. The van der Waals surface area contributed by atoms with E-state index < -0.39 is 0 Å². The van der Waals surface area contributed by atoms with E-state index in [1.807, 2.05) is 54.8 Å². The van der Waals surface area contributed by atoms with Crippen molar-refractivity contribution in [2.75, 3.05) is 7.05 Å². The molecule has 1 aromatic carbocycles. The van der Waals surface area contributed by atoms with Crippen LogP contribution >= 0.6 is 11.3 Å². The molecule has 6 heteroatoms. The van der Waals surface area contributed by atoms with Gasteiger partial charge < -0.3 is 4.90 Å². The van der Waals surface area contributed by atoms with Crippen molar-refractivity contribution in [2.24, 2.45) is 5.10 Å². The minimum atomic E-state index is -0.119. The molecule has 1 aliphatic heterocycles. The first-order valence-corrected chi connectivity index (χ1v) is 9.16. The van der Waals surface area contributed by atoms with Crippen LogP contribution in [0.3, 0.4) is 0 Å². The second-order valence-corrected chi connectivity index (χ2v) is 7.07. The molecule has 1 aromatic heterocycles. The smallest absolute Gasteiger partial charge is 0.270 e. The van der Waals surface area contributed by atoms with Gasteiger partial charge in [-0.2, -0.15) is 5.10 Å². The Hall–Kier alpha value is -2.47. The van der Waals surface area contributed by atoms with Crippen LogP contribution in [-0.4, -0.2) is 34.5 Å². The molecule has 0 aliphatic carbocycles. The Labute approximate surface area is 151 Å². The Morgan fingerprint density at radius 3 is 2.68 bits per heavy atom. The number of thiophene rings is 1. The molecule has 1 aliphatic rings. The molecule has 0 radical (unpaired) electrons. The Morgan fingerprint density at radius 2 is 2.00 bits per heavy atom. The minimum Gasteiger partial charge on any atom is -0.333 e. The quantitative estimate of drug-likeness (QED) is 0.825. The maximum atomic E-state index is 12.8. The predicted molar refractivity (Wildman–Crippen MR) is 99.2 cm³/mol. The fourth-order valence-electron chi connectivity index (χ4n) is 2.73. The van der Waals surface area contributed by atoms with E-state index in [4.69, 9.17) is 0 Å². The van der Waals surface area contributed by atoms with E-state index in [2.05, 4.69) is 5.10 Å². The number of benzene rings is 1. The van der Waals surface area contributed by atoms with E-state index in [-0.39, 0.29) is 17.9 Å². The first kappa shape index (κ1) is 17.4. The third-order valence-corrected chi connectivity index (χ3v) is 5.43. The van der Waals surface area contributed by atoms with E-state index in [1.165, 1.54) is 5.01 Å². The van der Waals surface area contributed by atoms with Crippen molar-refractivity contribution in [2.45, 2.75) is 32.4 Å². The molecule has 3 rings (SSSR count). The summed E-state index contributed by atoms with van der Waals surface area (Å²) in [5.74, 6) is -0.166. The Morgan fingerprint density at radius 1 is 1.24 bits per heavy atom. The van der Waals surface area contributed by atoms with Crippen LogP contribution in [-0.2, 0) is 16.1 Å². The van der Waals surface area contributed by atoms with Crippen molar-refractivity contribution in [1.29, 1.82) is 0 Å². The predicted octanol–water partition coefficient (Wildman–Crippen LogP) is 3.45. The standard InChI is InChI=1S/C19H21N3O2S/c1-14(17-9-6-12-25-17)21(2)19(24)16-10-11-18(23)22(20-16)13-15-7-4-3-5-8-15/h3-9,12,14H,10-11,13H2,1-2H3. The van der Waals surface area contributed by atoms with Gasteiger partial charge in [-0.1, -0.05) is 36.4 Å². The summed E-state index contributed by atoms with van der Waals surface area (Å²) in [5, 5.41) is 7.77. The lowest BCUT2D eigenvalue weighted by Gasteiger charge is -2.28. The monoisotopic (exact) mass is 355 g/mol. The van der Waals surface area contributed by atoms with Crippen LogP contribution < -0.4 is 0 Å². The second-order valence-electron chi connectivity index (χ2n) is 6.09. The first-order chi connectivity index (χ1) is 12.1. The lowest BCUT2D eigenvalue weighted by molar-refractivity contribution is -0.132. The van der Waals surface area contributed by atoms with Crippen LogP contribution in [0.4, 0.5) is 0 Å². The third kappa shape index (κ3) is 3.96. The summed E-state index contributed by atoms with van der Waals surface area (Å²) in [5.41, 5.74) is 1.44. The minimum absolute atomic E-state index is 0.0181. The number of hydrazone groups is 1. The maximum Gasteiger partial charge on any atom is 0.270 e. The molecule has 0 N–H and O–H groups in total. The summed E-state index contributed by atoms with van der Waals surface area (Å²) in [7, 11) is 1.78. The number of amides is 2. The highest BCUT2D eigenvalue weighted by molar-refractivity contribution is 7.10. The van der Waals surface area contributed by atoms with Crippen LogP contribution in [0.5, 0.6) is 0 Å². The Balaban J connectivity index is 1.75. The van der Waals surface area contributed by atoms with Gasteiger partial charge in [0.15, 0.2) is 0 Å². The zero-order valence-corrected chi connectivity index (χ0v) is 15.2. The highest BCUT2D eigenvalue weighted by atomic mass is 32.1. The van der Waals surface area contributed by atoms with Gasteiger partial charge in [-0.25, -0.2) is 5.01 Å². The lowest BCUT2D eigenvalue weighted by Crippen LogP contribution is -2.40. The molecule has 5 nitrogen and oxygen atoms in total. The van der Waals surface area contributed by atoms with E-state index in [0.29, 0.717) is 25.1 Å². The fourth-order valence-corrected chi connectivity index (χ4v) is 3.56. The molecule has 1 unspecified atom stereocenters. The number of nitrogens with zero attached hydrogens (tertiary/aromatic N) is 3. The largest absolute Gasteiger partial charge is 0.333 e. The molecule has 2 heterocycles. The van der Waals surface area contributed by atoms with Crippen molar-refractivity contribution in [3.8, 4) is 0 Å². The molecule has 0 fully saturated rings. The average molecular weight is 355 g/mol. The van der Waals surface area contributed by atoms with Crippen molar-refractivity contribution < 1.29 is 9.59 Å². The van der Waals surface area contributed by atoms with Gasteiger partial charge in [-0.3, -0.25) is 9.59 Å². The molecule has 0 bridgehead atoms. The van der Waals surface area contributed by atoms with Crippen molar-refractivity contribution >= 4 is 28.9 Å². The zero-order valence-electron chi connectivity index (χ0n) is 14.4. The van der Waals surface area contributed by atoms with Crippen molar-refractivity contribution in [1.82, 2.24) is 9.91 Å². The molecule has 0 saturated carbocycles. The Kier molecular flexibility index (Phi) is 5.28. The lowest BCUT2D eigenvalue weighted by atomic mass is 10.1. The number of hydrogen-bond acceptors (Lipinski definition) is 4. The normalized spacial score (nSPS) is 15.7. The summed E-state index contributed by atoms with van der Waals surface area (Å²) in [6.45, 7) is 2.39. The molecule has 2 aromatic rings. The molecule has 25 heavy (non-hydrogen) atoms. The van der Waals surface area contributed by atoms with Gasteiger partial charge in [0, 0.05) is 24.8 Å². The molecule has 2 amide bonds. The number of hydrogen-bond donors (Lipinski definition) is 0. The van der Waals surface area contributed by atoms with Crippen LogP contribution in [0.15, 0.2) is 52.9 Å². The number of rotatable bonds is 5. The van der Waals surface area contributed by atoms with Crippen LogP contribution in [0.1, 0.15) is 36.2 Å². The third-order valence-electron chi connectivity index (χ3n) is 4.38. The first-order valence-electron chi connectivity index (χ1n) is 8.28. The zero-order chi connectivity index (χ0) is 17.8. The topological polar surface area (TPSA) is 53.0 Å².